The lowest BCUT2D eigenvalue weighted by molar-refractivity contribution is -0.0466. The second-order valence-electron chi connectivity index (χ2n) is 6.76. The largest absolute Gasteiger partial charge is 0.392 e. The molecule has 4 heterocycles. The first-order chi connectivity index (χ1) is 10.7. The summed E-state index contributed by atoms with van der Waals surface area (Å²) in [6.45, 7) is 3.73. The van der Waals surface area contributed by atoms with E-state index in [0.717, 1.165) is 62.3 Å². The fraction of sp³-hybridized carbons (Fsp3) is 0.667. The molecule has 4 rings (SSSR count). The third-order valence-corrected chi connectivity index (χ3v) is 5.21. The molecular weight excluding hydrogens is 280 g/mol. The summed E-state index contributed by atoms with van der Waals surface area (Å²) in [4.78, 5) is 13.3. The van der Waals surface area contributed by atoms with Gasteiger partial charge in [-0.15, -0.1) is 0 Å². The van der Waals surface area contributed by atoms with E-state index in [0.29, 0.717) is 0 Å². The molecule has 2 aromatic rings. The quantitative estimate of drug-likeness (QED) is 0.804. The van der Waals surface area contributed by atoms with Gasteiger partial charge in [0.2, 0.25) is 0 Å². The molecule has 2 fully saturated rings. The normalized spacial score (nSPS) is 30.3. The first kappa shape index (κ1) is 13.9. The molecule has 2 aromatic heterocycles. The van der Waals surface area contributed by atoms with Crippen molar-refractivity contribution in [2.45, 2.75) is 25.4 Å². The summed E-state index contributed by atoms with van der Waals surface area (Å²) in [6, 6.07) is 0. The summed E-state index contributed by atoms with van der Waals surface area (Å²) in [7, 11) is 2.14. The summed E-state index contributed by atoms with van der Waals surface area (Å²) in [6.07, 6.45) is 6.15. The first-order valence-electron chi connectivity index (χ1n) is 7.94. The predicted molar refractivity (Wildman–Crippen MR) is 83.7 cm³/mol. The van der Waals surface area contributed by atoms with Crippen LogP contribution in [0.15, 0.2) is 12.5 Å². The van der Waals surface area contributed by atoms with Crippen LogP contribution in [0, 0.1) is 5.41 Å². The number of anilines is 1. The Hall–Kier alpha value is -1.73. The molecule has 0 unspecified atom stereocenters. The van der Waals surface area contributed by atoms with Crippen LogP contribution in [0.3, 0.4) is 0 Å². The number of aromatic amines is 1. The first-order valence-corrected chi connectivity index (χ1v) is 7.94. The van der Waals surface area contributed by atoms with Gasteiger partial charge in [0, 0.05) is 31.6 Å². The monoisotopic (exact) mass is 302 g/mol. The van der Waals surface area contributed by atoms with Gasteiger partial charge in [-0.05, 0) is 26.3 Å². The van der Waals surface area contributed by atoms with Crippen LogP contribution in [0.4, 0.5) is 5.82 Å². The fourth-order valence-corrected chi connectivity index (χ4v) is 4.12. The molecule has 0 amide bonds. The van der Waals surface area contributed by atoms with Crippen molar-refractivity contribution in [2.75, 3.05) is 38.1 Å². The van der Waals surface area contributed by atoms with E-state index in [-0.39, 0.29) is 11.5 Å². The van der Waals surface area contributed by atoms with Gasteiger partial charge in [0.05, 0.1) is 17.7 Å². The van der Waals surface area contributed by atoms with Crippen molar-refractivity contribution in [2.24, 2.45) is 5.41 Å². The standard InChI is InChI=1S/C15H22N6O/c1-20-6-3-12(22)15(8-20)4-2-5-21(9-15)14-11-7-18-19-13(11)16-10-17-14/h7,10,12,22H,2-6,8-9H2,1H3,(H,16,17,18,19)/t12-,15-/m0/s1. The molecule has 0 saturated carbocycles. The Morgan fingerprint density at radius 3 is 3.14 bits per heavy atom. The second-order valence-corrected chi connectivity index (χ2v) is 6.76. The van der Waals surface area contributed by atoms with Gasteiger partial charge in [0.1, 0.15) is 12.1 Å². The highest BCUT2D eigenvalue weighted by Crippen LogP contribution is 2.40. The van der Waals surface area contributed by atoms with Crippen LogP contribution in [0.5, 0.6) is 0 Å². The van der Waals surface area contributed by atoms with Gasteiger partial charge >= 0.3 is 0 Å². The predicted octanol–water partition coefficient (Wildman–Crippen LogP) is 0.636. The molecule has 0 bridgehead atoms. The van der Waals surface area contributed by atoms with Crippen LogP contribution in [0.25, 0.3) is 11.0 Å². The summed E-state index contributed by atoms with van der Waals surface area (Å²) in [5, 5.41) is 18.6. The number of aliphatic hydroxyl groups excluding tert-OH is 1. The SMILES string of the molecule is CN1CC[C@H](O)[C@@]2(CCCN(c3ncnc4[nH]ncc34)C2)C1. The molecule has 7 nitrogen and oxygen atoms in total. The minimum atomic E-state index is -0.229. The Morgan fingerprint density at radius 1 is 1.32 bits per heavy atom. The molecule has 22 heavy (non-hydrogen) atoms. The zero-order valence-electron chi connectivity index (χ0n) is 12.9. The van der Waals surface area contributed by atoms with E-state index < -0.39 is 0 Å². The third kappa shape index (κ3) is 2.16. The zero-order chi connectivity index (χ0) is 15.2. The Morgan fingerprint density at radius 2 is 2.23 bits per heavy atom. The molecule has 2 aliphatic heterocycles. The Kier molecular flexibility index (Phi) is 3.27. The maximum atomic E-state index is 10.6. The lowest BCUT2D eigenvalue weighted by Crippen LogP contribution is -2.58. The van der Waals surface area contributed by atoms with Gasteiger partial charge in [0.25, 0.3) is 0 Å². The van der Waals surface area contributed by atoms with Gasteiger partial charge in [-0.2, -0.15) is 5.10 Å². The number of H-pyrrole nitrogens is 1. The molecule has 2 N–H and O–H groups in total. The highest BCUT2D eigenvalue weighted by atomic mass is 16.3. The number of nitrogens with zero attached hydrogens (tertiary/aromatic N) is 5. The van der Waals surface area contributed by atoms with Crippen LogP contribution < -0.4 is 4.90 Å². The number of fused-ring (bicyclic) bond motifs is 1. The van der Waals surface area contributed by atoms with Crippen LogP contribution in [-0.2, 0) is 0 Å². The van der Waals surface area contributed by atoms with E-state index in [1.807, 2.05) is 0 Å². The van der Waals surface area contributed by atoms with Gasteiger partial charge in [-0.3, -0.25) is 5.10 Å². The van der Waals surface area contributed by atoms with E-state index in [4.69, 9.17) is 0 Å². The Balaban J connectivity index is 1.67. The zero-order valence-corrected chi connectivity index (χ0v) is 12.9. The van der Waals surface area contributed by atoms with E-state index >= 15 is 0 Å². The van der Waals surface area contributed by atoms with E-state index in [9.17, 15) is 5.11 Å². The molecule has 1 spiro atoms. The lowest BCUT2D eigenvalue weighted by atomic mass is 9.71. The van der Waals surface area contributed by atoms with Crippen molar-refractivity contribution in [1.82, 2.24) is 25.1 Å². The van der Waals surface area contributed by atoms with Gasteiger partial charge < -0.3 is 14.9 Å². The van der Waals surface area contributed by atoms with Gasteiger partial charge in [0.15, 0.2) is 5.65 Å². The smallest absolute Gasteiger partial charge is 0.160 e. The van der Waals surface area contributed by atoms with Crippen LogP contribution in [0.1, 0.15) is 19.3 Å². The number of aromatic nitrogens is 4. The average molecular weight is 302 g/mol. The number of aliphatic hydroxyl groups is 1. The van der Waals surface area contributed by atoms with Gasteiger partial charge in [-0.25, -0.2) is 9.97 Å². The molecule has 2 saturated heterocycles. The van der Waals surface area contributed by atoms with Crippen LogP contribution in [-0.4, -0.2) is 69.5 Å². The van der Waals surface area contributed by atoms with E-state index in [2.05, 4.69) is 37.0 Å². The molecule has 0 aromatic carbocycles. The van der Waals surface area contributed by atoms with Crippen molar-refractivity contribution >= 4 is 16.9 Å². The summed E-state index contributed by atoms with van der Waals surface area (Å²) in [5.41, 5.74) is 0.720. The van der Waals surface area contributed by atoms with Crippen molar-refractivity contribution in [3.8, 4) is 0 Å². The maximum Gasteiger partial charge on any atom is 0.160 e. The van der Waals surface area contributed by atoms with Crippen molar-refractivity contribution in [3.05, 3.63) is 12.5 Å². The fourth-order valence-electron chi connectivity index (χ4n) is 4.12. The van der Waals surface area contributed by atoms with Crippen molar-refractivity contribution < 1.29 is 5.11 Å². The third-order valence-electron chi connectivity index (χ3n) is 5.21. The molecular formula is C15H22N6O. The Bertz CT molecular complexity index is 673. The highest BCUT2D eigenvalue weighted by Gasteiger charge is 2.45. The van der Waals surface area contributed by atoms with Crippen molar-refractivity contribution in [1.29, 1.82) is 0 Å². The second kappa shape index (κ2) is 5.17. The number of hydrogen-bond acceptors (Lipinski definition) is 6. The van der Waals surface area contributed by atoms with E-state index in [1.54, 1.807) is 12.5 Å². The number of rotatable bonds is 1. The Labute approximate surface area is 129 Å². The van der Waals surface area contributed by atoms with Crippen molar-refractivity contribution in [3.63, 3.8) is 0 Å². The molecule has 2 aliphatic rings. The molecule has 118 valence electrons. The van der Waals surface area contributed by atoms with E-state index in [1.165, 1.54) is 0 Å². The number of nitrogens with one attached hydrogen (secondary N) is 1. The molecule has 2 atom stereocenters. The van der Waals surface area contributed by atoms with Gasteiger partial charge in [-0.1, -0.05) is 0 Å². The topological polar surface area (TPSA) is 81.2 Å². The minimum absolute atomic E-state index is 0.0493. The molecule has 0 radical (unpaired) electrons. The summed E-state index contributed by atoms with van der Waals surface area (Å²) in [5.74, 6) is 0.929. The number of hydrogen-bond donors (Lipinski definition) is 2. The van der Waals surface area contributed by atoms with Crippen LogP contribution in [0.2, 0.25) is 0 Å². The minimum Gasteiger partial charge on any atom is -0.392 e. The average Bonchev–Trinajstić information content (AvgIpc) is 3.00. The summed E-state index contributed by atoms with van der Waals surface area (Å²) < 4.78 is 0. The lowest BCUT2D eigenvalue weighted by Gasteiger charge is -2.50. The molecule has 7 heteroatoms. The van der Waals surface area contributed by atoms with Crippen LogP contribution >= 0.6 is 0 Å². The number of likely N-dealkylation sites (tertiary alicyclic amines) is 1. The highest BCUT2D eigenvalue weighted by molar-refractivity contribution is 5.86. The molecule has 0 aliphatic carbocycles. The summed E-state index contributed by atoms with van der Waals surface area (Å²) >= 11 is 0. The number of piperidine rings is 2. The maximum absolute atomic E-state index is 10.6.